The summed E-state index contributed by atoms with van der Waals surface area (Å²) in [6, 6.07) is 0. The van der Waals surface area contributed by atoms with Gasteiger partial charge in [0.1, 0.15) is 0 Å². The Morgan fingerprint density at radius 2 is 2.22 bits per heavy atom. The molecule has 0 unspecified atom stereocenters. The van der Waals surface area contributed by atoms with E-state index < -0.39 is 27.8 Å². The summed E-state index contributed by atoms with van der Waals surface area (Å²) in [5, 5.41) is 10.5. The maximum atomic E-state index is 11.3. The number of hydrogen-bond donors (Lipinski definition) is 1. The van der Waals surface area contributed by atoms with Gasteiger partial charge in [-0.1, -0.05) is 0 Å². The van der Waals surface area contributed by atoms with Gasteiger partial charge in [0.25, 0.3) is 0 Å². The maximum absolute atomic E-state index is 11.3. The second-order valence-electron chi connectivity index (χ2n) is 3.28. The predicted octanol–water partition coefficient (Wildman–Crippen LogP) is -0.602. The van der Waals surface area contributed by atoms with Gasteiger partial charge in [-0.2, -0.15) is 0 Å². The first-order valence-corrected chi connectivity index (χ1v) is 5.09. The molecule has 1 N–H and O–H groups in total. The van der Waals surface area contributed by atoms with Crippen molar-refractivity contribution < 1.29 is 14.5 Å². The second kappa shape index (κ2) is 5.75. The number of nitro groups is 1. The summed E-state index contributed by atoms with van der Waals surface area (Å²) < 4.78 is 5.53. The first-order valence-electron chi connectivity index (χ1n) is 5.09. The molecule has 0 aromatic carbocycles. The molecule has 0 radical (unpaired) electrons. The Hall–Kier alpha value is -2.45. The molecule has 0 bridgehead atoms. The number of nitrogens with one attached hydrogen (secondary N) is 1. The van der Waals surface area contributed by atoms with Gasteiger partial charge < -0.3 is 4.74 Å². The Labute approximate surface area is 100 Å². The first-order chi connectivity index (χ1) is 8.45. The zero-order valence-corrected chi connectivity index (χ0v) is 9.54. The zero-order valence-electron chi connectivity index (χ0n) is 9.54. The van der Waals surface area contributed by atoms with Crippen molar-refractivity contribution >= 4 is 11.7 Å². The summed E-state index contributed by atoms with van der Waals surface area (Å²) in [5.41, 5.74) is -2.63. The summed E-state index contributed by atoms with van der Waals surface area (Å²) >= 11 is 0. The molecular formula is C9H11N3O6. The number of carbonyl (C=O) groups excluding carboxylic acids is 1. The molecule has 1 aromatic heterocycles. The van der Waals surface area contributed by atoms with Crippen LogP contribution in [0.3, 0.4) is 0 Å². The largest absolute Gasteiger partial charge is 0.466 e. The van der Waals surface area contributed by atoms with Crippen LogP contribution >= 0.6 is 0 Å². The molecule has 0 spiro atoms. The van der Waals surface area contributed by atoms with Crippen molar-refractivity contribution in [3.05, 3.63) is 37.1 Å². The van der Waals surface area contributed by atoms with E-state index in [-0.39, 0.29) is 19.6 Å². The highest BCUT2D eigenvalue weighted by molar-refractivity contribution is 5.69. The van der Waals surface area contributed by atoms with Crippen LogP contribution in [0.4, 0.5) is 5.69 Å². The van der Waals surface area contributed by atoms with Gasteiger partial charge in [0, 0.05) is 6.54 Å². The van der Waals surface area contributed by atoms with Crippen molar-refractivity contribution in [1.82, 2.24) is 9.55 Å². The topological polar surface area (TPSA) is 124 Å². The van der Waals surface area contributed by atoms with E-state index in [1.807, 2.05) is 0 Å². The third kappa shape index (κ3) is 3.27. The van der Waals surface area contributed by atoms with Crippen molar-refractivity contribution in [3.63, 3.8) is 0 Å². The molecular weight excluding hydrogens is 246 g/mol. The minimum Gasteiger partial charge on any atom is -0.466 e. The van der Waals surface area contributed by atoms with Crippen LogP contribution in [-0.4, -0.2) is 27.1 Å². The molecule has 0 aliphatic rings. The molecule has 1 rings (SSSR count). The third-order valence-electron chi connectivity index (χ3n) is 2.05. The number of aromatic amines is 1. The molecule has 0 amide bonds. The number of carbonyl (C=O) groups is 1. The Kier molecular flexibility index (Phi) is 4.35. The van der Waals surface area contributed by atoms with E-state index in [4.69, 9.17) is 0 Å². The fraction of sp³-hybridized carbons (Fsp3) is 0.444. The summed E-state index contributed by atoms with van der Waals surface area (Å²) in [4.78, 5) is 44.9. The molecule has 18 heavy (non-hydrogen) atoms. The smallest absolute Gasteiger partial charge is 0.350 e. The fourth-order valence-corrected chi connectivity index (χ4v) is 1.24. The molecule has 0 atom stereocenters. The van der Waals surface area contributed by atoms with Crippen molar-refractivity contribution in [2.45, 2.75) is 19.9 Å². The Balaban J connectivity index is 2.93. The van der Waals surface area contributed by atoms with E-state index >= 15 is 0 Å². The number of esters is 1. The van der Waals surface area contributed by atoms with Gasteiger partial charge >= 0.3 is 22.9 Å². The highest BCUT2D eigenvalue weighted by Crippen LogP contribution is 2.00. The lowest BCUT2D eigenvalue weighted by Gasteiger charge is -2.04. The minimum atomic E-state index is -1.07. The molecule has 0 aliphatic carbocycles. The van der Waals surface area contributed by atoms with Crippen LogP contribution < -0.4 is 11.2 Å². The van der Waals surface area contributed by atoms with Gasteiger partial charge in [0.2, 0.25) is 0 Å². The summed E-state index contributed by atoms with van der Waals surface area (Å²) in [5.74, 6) is -0.529. The van der Waals surface area contributed by atoms with Crippen LogP contribution in [0, 0.1) is 10.1 Å². The third-order valence-corrected chi connectivity index (χ3v) is 2.05. The van der Waals surface area contributed by atoms with Crippen molar-refractivity contribution in [3.8, 4) is 0 Å². The van der Waals surface area contributed by atoms with Crippen LogP contribution in [0.25, 0.3) is 0 Å². The zero-order chi connectivity index (χ0) is 13.7. The molecule has 0 saturated carbocycles. The number of nitrogens with zero attached hydrogens (tertiary/aromatic N) is 2. The Bertz CT molecular complexity index is 572. The van der Waals surface area contributed by atoms with E-state index in [0.29, 0.717) is 0 Å². The van der Waals surface area contributed by atoms with Crippen molar-refractivity contribution in [2.75, 3.05) is 6.61 Å². The number of rotatable bonds is 5. The monoisotopic (exact) mass is 257 g/mol. The van der Waals surface area contributed by atoms with E-state index in [9.17, 15) is 24.5 Å². The van der Waals surface area contributed by atoms with E-state index in [1.54, 1.807) is 11.9 Å². The lowest BCUT2D eigenvalue weighted by atomic mass is 10.4. The minimum absolute atomic E-state index is 0.102. The molecule has 9 nitrogen and oxygen atoms in total. The number of hydrogen-bond acceptors (Lipinski definition) is 6. The Morgan fingerprint density at radius 1 is 1.56 bits per heavy atom. The van der Waals surface area contributed by atoms with Crippen LogP contribution in [0.2, 0.25) is 0 Å². The Morgan fingerprint density at radius 3 is 2.78 bits per heavy atom. The van der Waals surface area contributed by atoms with Gasteiger partial charge in [0.15, 0.2) is 0 Å². The van der Waals surface area contributed by atoms with Gasteiger partial charge in [0.05, 0.1) is 24.1 Å². The highest BCUT2D eigenvalue weighted by atomic mass is 16.6. The van der Waals surface area contributed by atoms with Crippen LogP contribution in [0.1, 0.15) is 13.3 Å². The normalized spacial score (nSPS) is 10.1. The lowest BCUT2D eigenvalue weighted by molar-refractivity contribution is -0.386. The average molecular weight is 257 g/mol. The van der Waals surface area contributed by atoms with Gasteiger partial charge in [-0.15, -0.1) is 0 Å². The van der Waals surface area contributed by atoms with E-state index in [0.717, 1.165) is 10.8 Å². The molecule has 0 fully saturated rings. The standard InChI is InChI=1S/C9H11N3O6/c1-2-18-7(13)3-4-11-5-6(12(16)17)8(14)10-9(11)15/h5H,2-4H2,1H3,(H,10,14,15). The molecule has 1 heterocycles. The SMILES string of the molecule is CCOC(=O)CCn1cc([N+](=O)[O-])c(=O)[nH]c1=O. The van der Waals surface area contributed by atoms with Gasteiger partial charge in [-0.3, -0.25) is 29.3 Å². The molecule has 98 valence electrons. The average Bonchev–Trinajstić information content (AvgIpc) is 2.27. The fourth-order valence-electron chi connectivity index (χ4n) is 1.24. The second-order valence-corrected chi connectivity index (χ2v) is 3.28. The number of H-pyrrole nitrogens is 1. The molecule has 0 aliphatic heterocycles. The van der Waals surface area contributed by atoms with Crippen LogP contribution in [-0.2, 0) is 16.1 Å². The molecule has 0 saturated heterocycles. The first kappa shape index (κ1) is 13.6. The maximum Gasteiger partial charge on any atom is 0.350 e. The van der Waals surface area contributed by atoms with Crippen molar-refractivity contribution in [1.29, 1.82) is 0 Å². The summed E-state index contributed by atoms with van der Waals surface area (Å²) in [6.45, 7) is 1.74. The van der Waals surface area contributed by atoms with Crippen molar-refractivity contribution in [2.24, 2.45) is 0 Å². The van der Waals surface area contributed by atoms with E-state index in [2.05, 4.69) is 4.74 Å². The lowest BCUT2D eigenvalue weighted by Crippen LogP contribution is -2.31. The molecule has 9 heteroatoms. The summed E-state index contributed by atoms with van der Waals surface area (Å²) in [6.07, 6.45) is 0.692. The number of aryl methyl sites for hydroxylation is 1. The van der Waals surface area contributed by atoms with Gasteiger partial charge in [-0.05, 0) is 6.92 Å². The summed E-state index contributed by atoms with van der Waals surface area (Å²) in [7, 11) is 0. The van der Waals surface area contributed by atoms with Crippen LogP contribution in [0.15, 0.2) is 15.8 Å². The van der Waals surface area contributed by atoms with E-state index in [1.165, 1.54) is 0 Å². The number of ether oxygens (including phenoxy) is 1. The molecule has 1 aromatic rings. The van der Waals surface area contributed by atoms with Gasteiger partial charge in [-0.25, -0.2) is 4.79 Å². The predicted molar refractivity (Wildman–Crippen MR) is 59.2 cm³/mol. The van der Waals surface area contributed by atoms with Crippen LogP contribution in [0.5, 0.6) is 0 Å². The quantitative estimate of drug-likeness (QED) is 0.426. The highest BCUT2D eigenvalue weighted by Gasteiger charge is 2.15. The number of aromatic nitrogens is 2.